The minimum absolute atomic E-state index is 0.228. The minimum Gasteiger partial charge on any atom is -0.377 e. The fourth-order valence-electron chi connectivity index (χ4n) is 2.84. The Morgan fingerprint density at radius 1 is 0.950 bits per heavy atom. The maximum atomic E-state index is 5.68. The van der Waals surface area contributed by atoms with Gasteiger partial charge in [-0.1, -0.05) is 60.7 Å². The quantitative estimate of drug-likeness (QED) is 0.915. The smallest absolute Gasteiger partial charge is 0.0701 e. The van der Waals surface area contributed by atoms with Crippen LogP contribution in [0.3, 0.4) is 0 Å². The topological polar surface area (TPSA) is 21.3 Å². The van der Waals surface area contributed by atoms with Gasteiger partial charge in [-0.05, 0) is 24.5 Å². The molecule has 1 fully saturated rings. The van der Waals surface area contributed by atoms with Gasteiger partial charge in [0.25, 0.3) is 0 Å². The second-order valence-corrected chi connectivity index (χ2v) is 5.39. The highest BCUT2D eigenvalue weighted by Gasteiger charge is 2.27. The van der Waals surface area contributed by atoms with Gasteiger partial charge in [-0.2, -0.15) is 0 Å². The van der Waals surface area contributed by atoms with Gasteiger partial charge in [-0.25, -0.2) is 0 Å². The zero-order valence-electron chi connectivity index (χ0n) is 11.8. The molecule has 1 saturated heterocycles. The second-order valence-electron chi connectivity index (χ2n) is 5.39. The number of hydrogen-bond acceptors (Lipinski definition) is 2. The van der Waals surface area contributed by atoms with Crippen LogP contribution in [-0.4, -0.2) is 18.8 Å². The molecule has 1 aliphatic rings. The second kappa shape index (κ2) is 6.21. The molecule has 2 nitrogen and oxygen atoms in total. The molecule has 1 heterocycles. The summed E-state index contributed by atoms with van der Waals surface area (Å²) in [6.45, 7) is 3.01. The molecule has 0 spiro atoms. The molecule has 2 aromatic carbocycles. The molecule has 0 radical (unpaired) electrons. The molecule has 2 unspecified atom stereocenters. The summed E-state index contributed by atoms with van der Waals surface area (Å²) < 4.78 is 5.68. The van der Waals surface area contributed by atoms with E-state index in [9.17, 15) is 0 Å². The number of hydrogen-bond donors (Lipinski definition) is 1. The molecule has 2 aromatic rings. The van der Waals surface area contributed by atoms with Crippen LogP contribution in [0, 0.1) is 0 Å². The first-order valence-corrected chi connectivity index (χ1v) is 7.32. The van der Waals surface area contributed by atoms with Crippen molar-refractivity contribution in [2.24, 2.45) is 0 Å². The predicted molar refractivity (Wildman–Crippen MR) is 81.7 cm³/mol. The van der Waals surface area contributed by atoms with Crippen molar-refractivity contribution in [1.82, 2.24) is 5.32 Å². The van der Waals surface area contributed by atoms with Crippen LogP contribution in [0.5, 0.6) is 0 Å². The summed E-state index contributed by atoms with van der Waals surface area (Å²) in [5.41, 5.74) is 2.61. The van der Waals surface area contributed by atoms with Gasteiger partial charge in [0.05, 0.1) is 12.1 Å². The highest BCUT2D eigenvalue weighted by Crippen LogP contribution is 2.25. The normalized spacial score (nSPS) is 22.3. The standard InChI is InChI=1S/C18H21NO/c1-14-17(12-13-20-14)19-18(15-8-4-2-5-9-15)16-10-6-3-7-11-16/h2-11,14,17-19H,12-13H2,1H3. The predicted octanol–water partition coefficient (Wildman–Crippen LogP) is 3.54. The van der Waals surface area contributed by atoms with E-state index in [1.54, 1.807) is 0 Å². The van der Waals surface area contributed by atoms with Crippen molar-refractivity contribution in [2.45, 2.75) is 31.5 Å². The Bertz CT molecular complexity index is 486. The SMILES string of the molecule is CC1OCCC1NC(c1ccccc1)c1ccccc1. The Morgan fingerprint density at radius 3 is 1.95 bits per heavy atom. The summed E-state index contributed by atoms with van der Waals surface area (Å²) in [5.74, 6) is 0. The van der Waals surface area contributed by atoms with Crippen LogP contribution in [0.2, 0.25) is 0 Å². The Balaban J connectivity index is 1.88. The first-order chi connectivity index (χ1) is 9.84. The van der Waals surface area contributed by atoms with Crippen LogP contribution in [0.15, 0.2) is 60.7 Å². The number of nitrogens with one attached hydrogen (secondary N) is 1. The van der Waals surface area contributed by atoms with Crippen LogP contribution in [0.4, 0.5) is 0 Å². The lowest BCUT2D eigenvalue weighted by molar-refractivity contribution is 0.112. The van der Waals surface area contributed by atoms with Gasteiger partial charge in [-0.15, -0.1) is 0 Å². The molecule has 0 saturated carbocycles. The number of ether oxygens (including phenoxy) is 1. The van der Waals surface area contributed by atoms with Crippen molar-refractivity contribution < 1.29 is 4.74 Å². The minimum atomic E-state index is 0.228. The molecule has 104 valence electrons. The van der Waals surface area contributed by atoms with Crippen LogP contribution >= 0.6 is 0 Å². The Morgan fingerprint density at radius 2 is 1.50 bits per heavy atom. The van der Waals surface area contributed by atoms with Gasteiger partial charge in [-0.3, -0.25) is 0 Å². The summed E-state index contributed by atoms with van der Waals surface area (Å²) in [6, 6.07) is 21.9. The number of benzene rings is 2. The van der Waals surface area contributed by atoms with Crippen molar-refractivity contribution in [2.75, 3.05) is 6.61 Å². The Hall–Kier alpha value is -1.64. The van der Waals surface area contributed by atoms with Crippen molar-refractivity contribution in [3.05, 3.63) is 71.8 Å². The first-order valence-electron chi connectivity index (χ1n) is 7.32. The van der Waals surface area contributed by atoms with Gasteiger partial charge in [0.1, 0.15) is 0 Å². The van der Waals surface area contributed by atoms with Crippen LogP contribution in [-0.2, 0) is 4.74 Å². The van der Waals surface area contributed by atoms with E-state index in [1.165, 1.54) is 11.1 Å². The van der Waals surface area contributed by atoms with E-state index in [-0.39, 0.29) is 12.1 Å². The van der Waals surface area contributed by atoms with E-state index >= 15 is 0 Å². The van der Waals surface area contributed by atoms with Crippen LogP contribution in [0.25, 0.3) is 0 Å². The molecule has 0 aliphatic carbocycles. The summed E-state index contributed by atoms with van der Waals surface area (Å²) in [6.07, 6.45) is 1.36. The molecular formula is C18H21NO. The lowest BCUT2D eigenvalue weighted by atomic mass is 9.97. The van der Waals surface area contributed by atoms with E-state index in [0.717, 1.165) is 13.0 Å². The third-order valence-corrected chi connectivity index (χ3v) is 4.02. The van der Waals surface area contributed by atoms with Crippen molar-refractivity contribution in [1.29, 1.82) is 0 Å². The van der Waals surface area contributed by atoms with Crippen molar-refractivity contribution in [3.63, 3.8) is 0 Å². The average Bonchev–Trinajstić information content (AvgIpc) is 2.92. The van der Waals surface area contributed by atoms with E-state index in [0.29, 0.717) is 6.04 Å². The lowest BCUT2D eigenvalue weighted by Gasteiger charge is -2.25. The van der Waals surface area contributed by atoms with Gasteiger partial charge >= 0.3 is 0 Å². The van der Waals surface area contributed by atoms with E-state index in [1.807, 2.05) is 0 Å². The number of rotatable bonds is 4. The molecule has 0 bridgehead atoms. The van der Waals surface area contributed by atoms with Gasteiger partial charge < -0.3 is 10.1 Å². The highest BCUT2D eigenvalue weighted by atomic mass is 16.5. The zero-order valence-corrected chi connectivity index (χ0v) is 11.8. The monoisotopic (exact) mass is 267 g/mol. The molecule has 20 heavy (non-hydrogen) atoms. The first kappa shape index (κ1) is 13.3. The van der Waals surface area contributed by atoms with Gasteiger partial charge in [0.15, 0.2) is 0 Å². The maximum Gasteiger partial charge on any atom is 0.0701 e. The van der Waals surface area contributed by atoms with Gasteiger partial charge in [0, 0.05) is 12.6 Å². The third kappa shape index (κ3) is 2.92. The van der Waals surface area contributed by atoms with E-state index in [4.69, 9.17) is 4.74 Å². The summed E-state index contributed by atoms with van der Waals surface area (Å²) in [7, 11) is 0. The van der Waals surface area contributed by atoms with E-state index < -0.39 is 0 Å². The fraction of sp³-hybridized carbons (Fsp3) is 0.333. The molecule has 1 N–H and O–H groups in total. The fourth-order valence-corrected chi connectivity index (χ4v) is 2.84. The van der Waals surface area contributed by atoms with E-state index in [2.05, 4.69) is 72.9 Å². The highest BCUT2D eigenvalue weighted by molar-refractivity contribution is 5.31. The summed E-state index contributed by atoms with van der Waals surface area (Å²) >= 11 is 0. The molecule has 0 aromatic heterocycles. The lowest BCUT2D eigenvalue weighted by Crippen LogP contribution is -2.38. The summed E-state index contributed by atoms with van der Waals surface area (Å²) in [4.78, 5) is 0. The van der Waals surface area contributed by atoms with Crippen LogP contribution < -0.4 is 5.32 Å². The maximum absolute atomic E-state index is 5.68. The largest absolute Gasteiger partial charge is 0.377 e. The Kier molecular flexibility index (Phi) is 4.14. The molecule has 2 atom stereocenters. The zero-order chi connectivity index (χ0) is 13.8. The Labute approximate surface area is 120 Å². The van der Waals surface area contributed by atoms with Crippen molar-refractivity contribution in [3.8, 4) is 0 Å². The van der Waals surface area contributed by atoms with Gasteiger partial charge in [0.2, 0.25) is 0 Å². The summed E-state index contributed by atoms with van der Waals surface area (Å²) in [5, 5.41) is 3.77. The average molecular weight is 267 g/mol. The molecule has 2 heteroatoms. The molecular weight excluding hydrogens is 246 g/mol. The van der Waals surface area contributed by atoms with Crippen LogP contribution in [0.1, 0.15) is 30.5 Å². The molecule has 0 amide bonds. The third-order valence-electron chi connectivity index (χ3n) is 4.02. The molecule has 3 rings (SSSR count). The molecule has 1 aliphatic heterocycles. The van der Waals surface area contributed by atoms with Crippen molar-refractivity contribution >= 4 is 0 Å².